The summed E-state index contributed by atoms with van der Waals surface area (Å²) in [6.45, 7) is 0.340. The number of thiazole rings is 1. The van der Waals surface area contributed by atoms with Crippen LogP contribution in [0.1, 0.15) is 25.0 Å². The number of amides is 1. The molecule has 1 aromatic rings. The van der Waals surface area contributed by atoms with Gasteiger partial charge in [-0.1, -0.05) is 0 Å². The molecule has 1 N–H and O–H groups in total. The Bertz CT molecular complexity index is 526. The van der Waals surface area contributed by atoms with Gasteiger partial charge in [0, 0.05) is 24.9 Å². The van der Waals surface area contributed by atoms with Crippen molar-refractivity contribution in [1.29, 1.82) is 0 Å². The summed E-state index contributed by atoms with van der Waals surface area (Å²) in [5, 5.41) is 3.46. The van der Waals surface area contributed by atoms with Crippen LogP contribution in [0.4, 0.5) is 27.1 Å². The summed E-state index contributed by atoms with van der Waals surface area (Å²) in [6, 6.07) is 0. The van der Waals surface area contributed by atoms with E-state index in [0.717, 1.165) is 16.7 Å². The molecule has 0 atom stereocenters. The minimum atomic E-state index is -4.45. The van der Waals surface area contributed by atoms with Crippen LogP contribution in [0.15, 0.2) is 5.38 Å². The lowest BCUT2D eigenvalue weighted by molar-refractivity contribution is -0.140. The average molecular weight is 357 g/mol. The number of nitrogens with zero attached hydrogens (tertiary/aromatic N) is 2. The normalized spacial score (nSPS) is 16.9. The van der Waals surface area contributed by atoms with Crippen molar-refractivity contribution in [2.24, 2.45) is 5.92 Å². The first-order chi connectivity index (χ1) is 10.8. The molecule has 4 nitrogen and oxygen atoms in total. The molecule has 0 radical (unpaired) electrons. The Morgan fingerprint density at radius 3 is 2.57 bits per heavy atom. The third-order valence-corrected chi connectivity index (χ3v) is 4.50. The highest BCUT2D eigenvalue weighted by atomic mass is 32.1. The van der Waals surface area contributed by atoms with Crippen LogP contribution in [-0.2, 0) is 11.0 Å². The SMILES string of the molecule is O=C(CC1CCN(c2nc(C(F)(F)F)cs2)CC1)NCC(F)F. The first-order valence-electron chi connectivity index (χ1n) is 7.08. The number of carbonyl (C=O) groups excluding carboxylic acids is 1. The van der Waals surface area contributed by atoms with Gasteiger partial charge < -0.3 is 10.2 Å². The fraction of sp³-hybridized carbons (Fsp3) is 0.692. The molecule has 23 heavy (non-hydrogen) atoms. The number of carbonyl (C=O) groups is 1. The number of rotatable bonds is 5. The predicted molar refractivity (Wildman–Crippen MR) is 75.7 cm³/mol. The number of aromatic nitrogens is 1. The van der Waals surface area contributed by atoms with Gasteiger partial charge in [0.2, 0.25) is 5.91 Å². The van der Waals surface area contributed by atoms with Crippen LogP contribution in [0.5, 0.6) is 0 Å². The van der Waals surface area contributed by atoms with E-state index in [1.54, 1.807) is 4.90 Å². The number of halogens is 5. The molecule has 1 saturated heterocycles. The van der Waals surface area contributed by atoms with E-state index in [9.17, 15) is 26.7 Å². The van der Waals surface area contributed by atoms with E-state index in [1.165, 1.54) is 0 Å². The first kappa shape index (κ1) is 17.9. The quantitative estimate of drug-likeness (QED) is 0.824. The highest BCUT2D eigenvalue weighted by molar-refractivity contribution is 7.13. The Balaban J connectivity index is 1.80. The average Bonchev–Trinajstić information content (AvgIpc) is 2.96. The fourth-order valence-electron chi connectivity index (χ4n) is 2.39. The van der Waals surface area contributed by atoms with Crippen molar-refractivity contribution >= 4 is 22.4 Å². The van der Waals surface area contributed by atoms with Crippen molar-refractivity contribution in [2.45, 2.75) is 31.9 Å². The third-order valence-electron chi connectivity index (χ3n) is 3.60. The molecule has 2 rings (SSSR count). The molecule has 0 unspecified atom stereocenters. The van der Waals surface area contributed by atoms with Gasteiger partial charge >= 0.3 is 6.18 Å². The number of nitrogens with one attached hydrogen (secondary N) is 1. The summed E-state index contributed by atoms with van der Waals surface area (Å²) < 4.78 is 61.6. The first-order valence-corrected chi connectivity index (χ1v) is 7.96. The molecule has 0 saturated carbocycles. The van der Waals surface area contributed by atoms with Gasteiger partial charge in [0.1, 0.15) is 0 Å². The number of alkyl halides is 5. The zero-order chi connectivity index (χ0) is 17.0. The van der Waals surface area contributed by atoms with Crippen molar-refractivity contribution in [3.8, 4) is 0 Å². The van der Waals surface area contributed by atoms with Crippen LogP contribution in [0.2, 0.25) is 0 Å². The number of hydrogen-bond acceptors (Lipinski definition) is 4. The second-order valence-electron chi connectivity index (χ2n) is 5.34. The van der Waals surface area contributed by atoms with Gasteiger partial charge in [0.25, 0.3) is 6.43 Å². The summed E-state index contributed by atoms with van der Waals surface area (Å²) in [6.07, 6.45) is -5.64. The number of piperidine rings is 1. The summed E-state index contributed by atoms with van der Waals surface area (Å²) >= 11 is 0.942. The molecule has 0 spiro atoms. The van der Waals surface area contributed by atoms with E-state index in [2.05, 4.69) is 10.3 Å². The van der Waals surface area contributed by atoms with E-state index in [0.29, 0.717) is 31.1 Å². The van der Waals surface area contributed by atoms with Crippen molar-refractivity contribution in [1.82, 2.24) is 10.3 Å². The molecule has 130 valence electrons. The lowest BCUT2D eigenvalue weighted by atomic mass is 9.93. The second-order valence-corrected chi connectivity index (χ2v) is 6.18. The second kappa shape index (κ2) is 7.41. The predicted octanol–water partition coefficient (Wildman–Crippen LogP) is 3.15. The van der Waals surface area contributed by atoms with Crippen molar-refractivity contribution in [3.05, 3.63) is 11.1 Å². The van der Waals surface area contributed by atoms with Crippen LogP contribution in [0, 0.1) is 5.92 Å². The smallest absolute Gasteiger partial charge is 0.350 e. The number of hydrogen-bond donors (Lipinski definition) is 1. The maximum atomic E-state index is 12.5. The maximum Gasteiger partial charge on any atom is 0.434 e. The van der Waals surface area contributed by atoms with Crippen LogP contribution in [-0.4, -0.2) is 37.0 Å². The molecular formula is C13H16F5N3OS. The van der Waals surface area contributed by atoms with Crippen LogP contribution in [0.25, 0.3) is 0 Å². The van der Waals surface area contributed by atoms with Gasteiger partial charge in [-0.2, -0.15) is 13.2 Å². The molecule has 1 aliphatic rings. The van der Waals surface area contributed by atoms with E-state index in [-0.39, 0.29) is 12.3 Å². The van der Waals surface area contributed by atoms with E-state index >= 15 is 0 Å². The van der Waals surface area contributed by atoms with E-state index in [1.807, 2.05) is 0 Å². The zero-order valence-corrected chi connectivity index (χ0v) is 12.9. The lowest BCUT2D eigenvalue weighted by Crippen LogP contribution is -2.36. The molecule has 0 aliphatic carbocycles. The summed E-state index contributed by atoms with van der Waals surface area (Å²) in [5.41, 5.74) is -0.897. The Labute approximate surface area is 133 Å². The Morgan fingerprint density at radius 2 is 2.04 bits per heavy atom. The monoisotopic (exact) mass is 357 g/mol. The van der Waals surface area contributed by atoms with Crippen molar-refractivity contribution in [3.63, 3.8) is 0 Å². The molecule has 0 aromatic carbocycles. The molecule has 1 fully saturated rings. The molecule has 10 heteroatoms. The fourth-order valence-corrected chi connectivity index (χ4v) is 3.28. The molecule has 1 aromatic heterocycles. The van der Waals surface area contributed by atoms with Crippen LogP contribution < -0.4 is 10.2 Å². The number of anilines is 1. The van der Waals surface area contributed by atoms with Crippen LogP contribution >= 0.6 is 11.3 Å². The van der Waals surface area contributed by atoms with Gasteiger partial charge in [-0.3, -0.25) is 4.79 Å². The Morgan fingerprint density at radius 1 is 1.39 bits per heavy atom. The Kier molecular flexibility index (Phi) is 5.77. The van der Waals surface area contributed by atoms with Crippen molar-refractivity contribution < 1.29 is 26.7 Å². The third kappa shape index (κ3) is 5.29. The lowest BCUT2D eigenvalue weighted by Gasteiger charge is -2.31. The van der Waals surface area contributed by atoms with Crippen molar-refractivity contribution in [2.75, 3.05) is 24.5 Å². The summed E-state index contributed by atoms with van der Waals surface area (Å²) in [7, 11) is 0. The minimum Gasteiger partial charge on any atom is -0.350 e. The largest absolute Gasteiger partial charge is 0.434 e. The summed E-state index contributed by atoms with van der Waals surface area (Å²) in [5.74, 6) is -0.372. The van der Waals surface area contributed by atoms with Gasteiger partial charge in [-0.05, 0) is 18.8 Å². The molecule has 2 heterocycles. The van der Waals surface area contributed by atoms with Gasteiger partial charge in [-0.15, -0.1) is 11.3 Å². The minimum absolute atomic E-state index is 0.0472. The van der Waals surface area contributed by atoms with E-state index in [4.69, 9.17) is 0 Å². The van der Waals surface area contributed by atoms with Crippen LogP contribution in [0.3, 0.4) is 0 Å². The van der Waals surface area contributed by atoms with Gasteiger partial charge in [0.15, 0.2) is 10.8 Å². The molecular weight excluding hydrogens is 341 g/mol. The highest BCUT2D eigenvalue weighted by Crippen LogP contribution is 2.34. The van der Waals surface area contributed by atoms with Gasteiger partial charge in [0.05, 0.1) is 6.54 Å². The molecule has 0 bridgehead atoms. The molecule has 1 amide bonds. The highest BCUT2D eigenvalue weighted by Gasteiger charge is 2.34. The standard InChI is InChI=1S/C13H16F5N3OS/c14-10(15)6-19-11(22)5-8-1-3-21(4-2-8)12-20-9(7-23-12)13(16,17)18/h7-8,10H,1-6H2,(H,19,22). The topological polar surface area (TPSA) is 45.2 Å². The van der Waals surface area contributed by atoms with Gasteiger partial charge in [-0.25, -0.2) is 13.8 Å². The maximum absolute atomic E-state index is 12.5. The zero-order valence-electron chi connectivity index (χ0n) is 12.1. The van der Waals surface area contributed by atoms with E-state index < -0.39 is 30.7 Å². The Hall–Kier alpha value is -1.45. The molecule has 1 aliphatic heterocycles. The summed E-state index contributed by atoms with van der Waals surface area (Å²) in [4.78, 5) is 16.8.